The minimum Gasteiger partial charge on any atom is -0.493 e. The highest BCUT2D eigenvalue weighted by Crippen LogP contribution is 2.38. The van der Waals surface area contributed by atoms with Crippen LogP contribution in [0.3, 0.4) is 0 Å². The number of carbonyl (C=O) groups excluding carboxylic acids is 1. The molecule has 2 aromatic heterocycles. The van der Waals surface area contributed by atoms with Crippen molar-refractivity contribution in [3.63, 3.8) is 0 Å². The first-order chi connectivity index (χ1) is 17.5. The zero-order chi connectivity index (χ0) is 25.1. The van der Waals surface area contributed by atoms with Gasteiger partial charge in [0.1, 0.15) is 11.5 Å². The van der Waals surface area contributed by atoms with E-state index in [0.29, 0.717) is 30.4 Å². The number of ether oxygens (including phenoxy) is 2. The van der Waals surface area contributed by atoms with Crippen LogP contribution in [-0.4, -0.2) is 62.2 Å². The Morgan fingerprint density at radius 2 is 2.00 bits per heavy atom. The van der Waals surface area contributed by atoms with Gasteiger partial charge >= 0.3 is 0 Å². The van der Waals surface area contributed by atoms with E-state index >= 15 is 0 Å². The number of nitrogens with zero attached hydrogens (tertiary/aromatic N) is 2. The molecule has 1 atom stereocenters. The van der Waals surface area contributed by atoms with Crippen LogP contribution >= 0.6 is 0 Å². The minimum absolute atomic E-state index is 0.0526. The maximum Gasteiger partial charge on any atom is 0.224 e. The molecule has 0 radical (unpaired) electrons. The Kier molecular flexibility index (Phi) is 7.32. The number of likely N-dealkylation sites (tertiary alicyclic amines) is 1. The molecule has 3 aromatic rings. The predicted octanol–water partition coefficient (Wildman–Crippen LogP) is 4.48. The fourth-order valence-corrected chi connectivity index (χ4v) is 5.00. The third kappa shape index (κ3) is 5.28. The summed E-state index contributed by atoms with van der Waals surface area (Å²) in [6, 6.07) is 9.98. The van der Waals surface area contributed by atoms with E-state index in [1.54, 1.807) is 12.0 Å². The smallest absolute Gasteiger partial charge is 0.224 e. The average Bonchev–Trinajstić information content (AvgIpc) is 3.39. The molecule has 8 heteroatoms. The van der Waals surface area contributed by atoms with Crippen molar-refractivity contribution in [2.45, 2.75) is 45.1 Å². The lowest BCUT2D eigenvalue weighted by Crippen LogP contribution is -2.41. The largest absolute Gasteiger partial charge is 0.493 e. The van der Waals surface area contributed by atoms with Crippen LogP contribution in [0.5, 0.6) is 11.5 Å². The van der Waals surface area contributed by atoms with Crippen LogP contribution < -0.4 is 20.1 Å². The highest BCUT2D eigenvalue weighted by Gasteiger charge is 2.25. The first kappa shape index (κ1) is 24.4. The third-order valence-corrected chi connectivity index (χ3v) is 7.31. The van der Waals surface area contributed by atoms with Crippen molar-refractivity contribution in [1.82, 2.24) is 15.2 Å². The van der Waals surface area contributed by atoms with Gasteiger partial charge < -0.3 is 29.4 Å². The van der Waals surface area contributed by atoms with Gasteiger partial charge in [-0.2, -0.15) is 0 Å². The molecule has 8 nitrogen and oxygen atoms in total. The molecule has 5 rings (SSSR count). The Hall–Kier alpha value is -3.26. The molecule has 0 spiro atoms. The summed E-state index contributed by atoms with van der Waals surface area (Å²) in [5.41, 5.74) is 2.46. The molecule has 0 aliphatic carbocycles. The van der Waals surface area contributed by atoms with Gasteiger partial charge in [0.15, 0.2) is 17.3 Å². The van der Waals surface area contributed by atoms with E-state index in [1.165, 1.54) is 0 Å². The number of aromatic nitrogens is 1. The number of rotatable bonds is 8. The molecular weight excluding hydrogens is 456 g/mol. The van der Waals surface area contributed by atoms with Crippen LogP contribution in [0.1, 0.15) is 38.4 Å². The lowest BCUT2D eigenvalue weighted by Gasteiger charge is -2.30. The topological polar surface area (TPSA) is 88.9 Å². The van der Waals surface area contributed by atoms with Gasteiger partial charge in [0.25, 0.3) is 0 Å². The van der Waals surface area contributed by atoms with Gasteiger partial charge in [0.2, 0.25) is 5.91 Å². The maximum absolute atomic E-state index is 12.3. The zero-order valence-corrected chi connectivity index (χ0v) is 21.4. The van der Waals surface area contributed by atoms with Gasteiger partial charge in [-0.3, -0.25) is 4.79 Å². The molecule has 1 aromatic carbocycles. The molecule has 1 unspecified atom stereocenters. The summed E-state index contributed by atoms with van der Waals surface area (Å²) in [7, 11) is 3.52. The standard InChI is InChI=1S/C28H36N4O4/c1-4-20-5-6-25(36-20)24-15-22(30-19-9-12-32(2)28(33)13-19)21-14-26(34-3)27(16-23(21)31-24)35-17-18-7-10-29-11-8-18/h5-6,14-16,18-19,29H,4,7-13,17H2,1-3H3,(H,30,31). The fourth-order valence-electron chi connectivity index (χ4n) is 5.00. The fraction of sp³-hybridized carbons (Fsp3) is 0.500. The van der Waals surface area contributed by atoms with E-state index in [1.807, 2.05) is 37.4 Å². The Labute approximate surface area is 212 Å². The van der Waals surface area contributed by atoms with Crippen molar-refractivity contribution >= 4 is 22.5 Å². The summed E-state index contributed by atoms with van der Waals surface area (Å²) in [4.78, 5) is 19.1. The average molecular weight is 493 g/mol. The summed E-state index contributed by atoms with van der Waals surface area (Å²) in [6.07, 6.45) is 4.39. The SMILES string of the molecule is CCc1ccc(-c2cc(NC3CCN(C)C(=O)C3)c3cc(OC)c(OCC4CCNCC4)cc3n2)o1. The van der Waals surface area contributed by atoms with Crippen molar-refractivity contribution in [3.05, 3.63) is 36.1 Å². The molecule has 4 heterocycles. The van der Waals surface area contributed by atoms with Gasteiger partial charge in [-0.15, -0.1) is 0 Å². The van der Waals surface area contributed by atoms with E-state index < -0.39 is 0 Å². The number of pyridine rings is 1. The number of carbonyl (C=O) groups is 1. The van der Waals surface area contributed by atoms with E-state index in [-0.39, 0.29) is 11.9 Å². The summed E-state index contributed by atoms with van der Waals surface area (Å²) in [6.45, 7) is 5.53. The van der Waals surface area contributed by atoms with Crippen LogP contribution in [0.2, 0.25) is 0 Å². The van der Waals surface area contributed by atoms with Crippen molar-refractivity contribution in [3.8, 4) is 23.0 Å². The Bertz CT molecular complexity index is 1220. The number of piperidine rings is 2. The number of hydrogen-bond acceptors (Lipinski definition) is 7. The van der Waals surface area contributed by atoms with Gasteiger partial charge in [-0.25, -0.2) is 4.98 Å². The van der Waals surface area contributed by atoms with Crippen LogP contribution in [0.25, 0.3) is 22.4 Å². The van der Waals surface area contributed by atoms with Gasteiger partial charge in [-0.1, -0.05) is 6.92 Å². The maximum atomic E-state index is 12.3. The van der Waals surface area contributed by atoms with E-state index in [9.17, 15) is 4.79 Å². The Balaban J connectivity index is 1.51. The zero-order valence-electron chi connectivity index (χ0n) is 21.4. The van der Waals surface area contributed by atoms with Crippen molar-refractivity contribution in [2.24, 2.45) is 5.92 Å². The van der Waals surface area contributed by atoms with E-state index in [0.717, 1.165) is 79.1 Å². The summed E-state index contributed by atoms with van der Waals surface area (Å²) >= 11 is 0. The summed E-state index contributed by atoms with van der Waals surface area (Å²) in [5, 5.41) is 7.96. The first-order valence-corrected chi connectivity index (χ1v) is 13.0. The number of benzene rings is 1. The normalized spacial score (nSPS) is 19.0. The molecule has 2 fully saturated rings. The highest BCUT2D eigenvalue weighted by atomic mass is 16.5. The van der Waals surface area contributed by atoms with Gasteiger partial charge in [-0.05, 0) is 62.5 Å². The molecule has 2 saturated heterocycles. The lowest BCUT2D eigenvalue weighted by molar-refractivity contribution is -0.132. The highest BCUT2D eigenvalue weighted by molar-refractivity contribution is 5.96. The third-order valence-electron chi connectivity index (χ3n) is 7.31. The van der Waals surface area contributed by atoms with Crippen LogP contribution in [0.4, 0.5) is 5.69 Å². The molecule has 2 aliphatic heterocycles. The van der Waals surface area contributed by atoms with Crippen molar-refractivity contribution < 1.29 is 18.7 Å². The van der Waals surface area contributed by atoms with Gasteiger partial charge in [0, 0.05) is 49.6 Å². The second-order valence-electron chi connectivity index (χ2n) is 9.85. The molecule has 192 valence electrons. The predicted molar refractivity (Wildman–Crippen MR) is 141 cm³/mol. The van der Waals surface area contributed by atoms with Crippen LogP contribution in [0.15, 0.2) is 34.7 Å². The molecule has 2 aliphatic rings. The van der Waals surface area contributed by atoms with E-state index in [2.05, 4.69) is 17.6 Å². The molecular formula is C28H36N4O4. The molecule has 0 bridgehead atoms. The van der Waals surface area contributed by atoms with Crippen LogP contribution in [0, 0.1) is 5.92 Å². The Morgan fingerprint density at radius 3 is 2.72 bits per heavy atom. The number of aryl methyl sites for hydroxylation is 1. The summed E-state index contributed by atoms with van der Waals surface area (Å²) in [5.74, 6) is 3.71. The van der Waals surface area contributed by atoms with E-state index in [4.69, 9.17) is 18.9 Å². The number of amides is 1. The molecule has 36 heavy (non-hydrogen) atoms. The molecule has 2 N–H and O–H groups in total. The first-order valence-electron chi connectivity index (χ1n) is 13.0. The Morgan fingerprint density at radius 1 is 1.17 bits per heavy atom. The van der Waals surface area contributed by atoms with Crippen molar-refractivity contribution in [2.75, 3.05) is 45.7 Å². The van der Waals surface area contributed by atoms with Crippen molar-refractivity contribution in [1.29, 1.82) is 0 Å². The number of anilines is 1. The number of methoxy groups -OCH3 is 1. The molecule has 0 saturated carbocycles. The second kappa shape index (κ2) is 10.8. The number of hydrogen-bond donors (Lipinski definition) is 2. The number of fused-ring (bicyclic) bond motifs is 1. The lowest BCUT2D eigenvalue weighted by atomic mass is 9.99. The summed E-state index contributed by atoms with van der Waals surface area (Å²) < 4.78 is 18.0. The monoisotopic (exact) mass is 492 g/mol. The number of furan rings is 1. The van der Waals surface area contributed by atoms with Crippen LogP contribution in [-0.2, 0) is 11.2 Å². The number of nitrogens with one attached hydrogen (secondary N) is 2. The van der Waals surface area contributed by atoms with Gasteiger partial charge in [0.05, 0.1) is 19.2 Å². The molecule has 1 amide bonds. The minimum atomic E-state index is 0.0526. The second-order valence-corrected chi connectivity index (χ2v) is 9.85. The quantitative estimate of drug-likeness (QED) is 0.479.